The molecule has 1 aromatic rings. The molecular weight excluding hydrogens is 281 g/mol. The predicted molar refractivity (Wildman–Crippen MR) is 77.7 cm³/mol. The average molecular weight is 301 g/mol. The van der Waals surface area contributed by atoms with E-state index >= 15 is 0 Å². The number of sulfonamides is 1. The lowest BCUT2D eigenvalue weighted by Gasteiger charge is -2.30. The van der Waals surface area contributed by atoms with Crippen molar-refractivity contribution in [1.29, 1.82) is 0 Å². The van der Waals surface area contributed by atoms with Crippen LogP contribution in [0.25, 0.3) is 0 Å². The van der Waals surface area contributed by atoms with Crippen molar-refractivity contribution >= 4 is 15.7 Å². The molecule has 0 unspecified atom stereocenters. The first-order valence-corrected chi connectivity index (χ1v) is 8.51. The number of ether oxygens (including phenoxy) is 1. The SMILES string of the molecule is CCOc1ccc2c(c1)CCCN2S(=O)(=O)CCCF. The highest BCUT2D eigenvalue weighted by atomic mass is 32.2. The highest BCUT2D eigenvalue weighted by molar-refractivity contribution is 7.92. The van der Waals surface area contributed by atoms with E-state index in [0.29, 0.717) is 18.8 Å². The zero-order valence-electron chi connectivity index (χ0n) is 11.6. The number of fused-ring (bicyclic) bond motifs is 1. The fourth-order valence-electron chi connectivity index (χ4n) is 2.43. The number of hydrogen-bond donors (Lipinski definition) is 0. The fraction of sp³-hybridized carbons (Fsp3) is 0.571. The maximum absolute atomic E-state index is 12.2. The minimum atomic E-state index is -3.43. The van der Waals surface area contributed by atoms with Crippen molar-refractivity contribution < 1.29 is 17.5 Å². The van der Waals surface area contributed by atoms with Crippen molar-refractivity contribution in [3.63, 3.8) is 0 Å². The number of alkyl halides is 1. The Morgan fingerprint density at radius 1 is 1.40 bits per heavy atom. The van der Waals surface area contributed by atoms with Crippen LogP contribution < -0.4 is 9.04 Å². The summed E-state index contributed by atoms with van der Waals surface area (Å²) in [6.07, 6.45) is 1.66. The van der Waals surface area contributed by atoms with Gasteiger partial charge in [-0.15, -0.1) is 0 Å². The van der Waals surface area contributed by atoms with Crippen LogP contribution in [0.5, 0.6) is 5.75 Å². The Kier molecular flexibility index (Phi) is 4.86. The molecule has 1 heterocycles. The Bertz CT molecular complexity index is 560. The summed E-state index contributed by atoms with van der Waals surface area (Å²) in [5.74, 6) is 0.616. The highest BCUT2D eigenvalue weighted by Crippen LogP contribution is 2.32. The molecule has 2 rings (SSSR count). The summed E-state index contributed by atoms with van der Waals surface area (Å²) >= 11 is 0. The van der Waals surface area contributed by atoms with E-state index in [0.717, 1.165) is 24.2 Å². The molecule has 1 aromatic carbocycles. The highest BCUT2D eigenvalue weighted by Gasteiger charge is 2.27. The molecule has 0 amide bonds. The largest absolute Gasteiger partial charge is 0.494 e. The van der Waals surface area contributed by atoms with Gasteiger partial charge in [-0.1, -0.05) is 0 Å². The molecule has 0 saturated carbocycles. The first kappa shape index (κ1) is 15.1. The summed E-state index contributed by atoms with van der Waals surface area (Å²) < 4.78 is 43.6. The van der Waals surface area contributed by atoms with Crippen molar-refractivity contribution in [2.45, 2.75) is 26.2 Å². The molecule has 0 atom stereocenters. The van der Waals surface area contributed by atoms with Gasteiger partial charge in [0.05, 0.1) is 24.7 Å². The second-order valence-electron chi connectivity index (χ2n) is 4.76. The van der Waals surface area contributed by atoms with Gasteiger partial charge in [0.15, 0.2) is 0 Å². The smallest absolute Gasteiger partial charge is 0.235 e. The van der Waals surface area contributed by atoms with Crippen LogP contribution in [0.2, 0.25) is 0 Å². The minimum absolute atomic E-state index is 0.0468. The number of nitrogens with zero attached hydrogens (tertiary/aromatic N) is 1. The summed E-state index contributed by atoms with van der Waals surface area (Å²) in [5, 5.41) is 0. The molecular formula is C14H20FNO3S. The summed E-state index contributed by atoms with van der Waals surface area (Å²) in [4.78, 5) is 0. The standard InChI is InChI=1S/C14H20FNO3S/c1-2-19-13-6-7-14-12(11-13)5-3-9-16(14)20(17,18)10-4-8-15/h6-7,11H,2-5,8-10H2,1H3. The quantitative estimate of drug-likeness (QED) is 0.811. The molecule has 6 heteroatoms. The zero-order chi connectivity index (χ0) is 14.6. The second kappa shape index (κ2) is 6.43. The van der Waals surface area contributed by atoms with E-state index in [9.17, 15) is 12.8 Å². The van der Waals surface area contributed by atoms with Gasteiger partial charge >= 0.3 is 0 Å². The van der Waals surface area contributed by atoms with Crippen LogP contribution in [-0.2, 0) is 16.4 Å². The van der Waals surface area contributed by atoms with Crippen molar-refractivity contribution in [2.24, 2.45) is 0 Å². The Labute approximate surface area is 119 Å². The van der Waals surface area contributed by atoms with Gasteiger partial charge in [0, 0.05) is 6.54 Å². The summed E-state index contributed by atoms with van der Waals surface area (Å²) in [6.45, 7) is 2.35. The van der Waals surface area contributed by atoms with Crippen molar-refractivity contribution in [3.05, 3.63) is 23.8 Å². The van der Waals surface area contributed by atoms with E-state index in [4.69, 9.17) is 4.74 Å². The normalized spacial score (nSPS) is 15.0. The van der Waals surface area contributed by atoms with E-state index in [2.05, 4.69) is 0 Å². The van der Waals surface area contributed by atoms with Crippen molar-refractivity contribution in [2.75, 3.05) is 29.9 Å². The topological polar surface area (TPSA) is 46.6 Å². The lowest BCUT2D eigenvalue weighted by atomic mass is 10.0. The zero-order valence-corrected chi connectivity index (χ0v) is 12.5. The average Bonchev–Trinajstić information content (AvgIpc) is 2.44. The van der Waals surface area contributed by atoms with Gasteiger partial charge in [-0.2, -0.15) is 0 Å². The first-order valence-electron chi connectivity index (χ1n) is 6.90. The van der Waals surface area contributed by atoms with Crippen LogP contribution in [0.3, 0.4) is 0 Å². The van der Waals surface area contributed by atoms with Crippen molar-refractivity contribution in [3.8, 4) is 5.75 Å². The van der Waals surface area contributed by atoms with Crippen LogP contribution in [0.15, 0.2) is 18.2 Å². The molecule has 0 fully saturated rings. The monoisotopic (exact) mass is 301 g/mol. The van der Waals surface area contributed by atoms with Crippen LogP contribution in [0, 0.1) is 0 Å². The van der Waals surface area contributed by atoms with Gasteiger partial charge in [0.2, 0.25) is 10.0 Å². The fourth-order valence-corrected chi connectivity index (χ4v) is 4.01. The van der Waals surface area contributed by atoms with Crippen LogP contribution in [0.4, 0.5) is 10.1 Å². The third-order valence-corrected chi connectivity index (χ3v) is 5.17. The van der Waals surface area contributed by atoms with Crippen LogP contribution >= 0.6 is 0 Å². The number of hydrogen-bond acceptors (Lipinski definition) is 3. The molecule has 112 valence electrons. The number of halogens is 1. The maximum Gasteiger partial charge on any atom is 0.235 e. The van der Waals surface area contributed by atoms with E-state index in [1.807, 2.05) is 13.0 Å². The van der Waals surface area contributed by atoms with Gasteiger partial charge in [-0.3, -0.25) is 8.70 Å². The second-order valence-corrected chi connectivity index (χ2v) is 6.77. The number of aryl methyl sites for hydroxylation is 1. The third-order valence-electron chi connectivity index (χ3n) is 3.31. The van der Waals surface area contributed by atoms with E-state index in [-0.39, 0.29) is 12.2 Å². The summed E-state index contributed by atoms with van der Waals surface area (Å²) in [6, 6.07) is 5.47. The van der Waals surface area contributed by atoms with Gasteiger partial charge in [0.25, 0.3) is 0 Å². The molecule has 0 bridgehead atoms. The van der Waals surface area contributed by atoms with Gasteiger partial charge in [-0.25, -0.2) is 8.42 Å². The maximum atomic E-state index is 12.2. The molecule has 0 radical (unpaired) electrons. The van der Waals surface area contributed by atoms with E-state index in [1.54, 1.807) is 12.1 Å². The number of anilines is 1. The molecule has 0 aliphatic carbocycles. The Morgan fingerprint density at radius 2 is 2.20 bits per heavy atom. The summed E-state index contributed by atoms with van der Waals surface area (Å²) in [7, 11) is -3.43. The van der Waals surface area contributed by atoms with Crippen molar-refractivity contribution in [1.82, 2.24) is 0 Å². The van der Waals surface area contributed by atoms with Gasteiger partial charge in [-0.05, 0) is 49.9 Å². The Balaban J connectivity index is 2.28. The molecule has 0 aromatic heterocycles. The summed E-state index contributed by atoms with van der Waals surface area (Å²) in [5.41, 5.74) is 1.68. The van der Waals surface area contributed by atoms with Crippen LogP contribution in [0.1, 0.15) is 25.3 Å². The molecule has 20 heavy (non-hydrogen) atoms. The molecule has 1 aliphatic rings. The van der Waals surface area contributed by atoms with Gasteiger partial charge < -0.3 is 4.74 Å². The molecule has 0 spiro atoms. The number of benzene rings is 1. The first-order chi connectivity index (χ1) is 9.58. The molecule has 1 aliphatic heterocycles. The van der Waals surface area contributed by atoms with E-state index < -0.39 is 16.7 Å². The molecule has 0 N–H and O–H groups in total. The minimum Gasteiger partial charge on any atom is -0.494 e. The van der Waals surface area contributed by atoms with Gasteiger partial charge in [0.1, 0.15) is 5.75 Å². The van der Waals surface area contributed by atoms with Crippen LogP contribution in [-0.4, -0.2) is 34.0 Å². The predicted octanol–water partition coefficient (Wildman–Crippen LogP) is 2.53. The third kappa shape index (κ3) is 3.23. The lowest BCUT2D eigenvalue weighted by Crippen LogP contribution is -2.37. The lowest BCUT2D eigenvalue weighted by molar-refractivity contribution is 0.340. The Hall–Kier alpha value is -1.30. The molecule has 0 saturated heterocycles. The van der Waals surface area contributed by atoms with E-state index in [1.165, 1.54) is 4.31 Å². The molecule has 4 nitrogen and oxygen atoms in total. The number of rotatable bonds is 6. The Morgan fingerprint density at radius 3 is 2.90 bits per heavy atom.